The second-order valence-electron chi connectivity index (χ2n) is 5.47. The van der Waals surface area contributed by atoms with Crippen LogP contribution in [0.1, 0.15) is 40.0 Å². The van der Waals surface area contributed by atoms with Gasteiger partial charge in [-0.25, -0.2) is 4.79 Å². The first kappa shape index (κ1) is 19.9. The van der Waals surface area contributed by atoms with Crippen LogP contribution in [0.25, 0.3) is 0 Å². The number of carbonyl (C=O) groups is 2. The average Bonchev–Trinajstić information content (AvgIpc) is 2.55. The lowest BCUT2D eigenvalue weighted by atomic mass is 10.1. The monoisotopic (exact) mass is 337 g/mol. The van der Waals surface area contributed by atoms with Gasteiger partial charge in [0.1, 0.15) is 0 Å². The van der Waals surface area contributed by atoms with Crippen LogP contribution in [-0.2, 0) is 14.3 Å². The summed E-state index contributed by atoms with van der Waals surface area (Å²) in [6.45, 7) is 7.15. The number of hydrogen-bond acceptors (Lipinski definition) is 6. The Morgan fingerprint density at radius 1 is 1.21 bits per heavy atom. The maximum Gasteiger partial charge on any atom is 0.409 e. The van der Waals surface area contributed by atoms with Crippen LogP contribution in [0.3, 0.4) is 0 Å². The number of nitrogens with one attached hydrogen (secondary N) is 1. The Morgan fingerprint density at radius 3 is 2.38 bits per heavy atom. The standard InChI is InChI=1S/C17H27N3O4/c1-4-23-16(21)8-6-7-15(13(3)18)19-14-9-11-20(12-10-14)17(22)24-5-2/h6-7,14,18H,4-5,8-12H2,1-3H3/b7-6-,18-13?,19-15?. The Balaban J connectivity index is 2.57. The molecule has 0 bridgehead atoms. The van der Waals surface area contributed by atoms with Gasteiger partial charge in [-0.05, 0) is 39.7 Å². The molecule has 0 saturated carbocycles. The summed E-state index contributed by atoms with van der Waals surface area (Å²) >= 11 is 0. The SMILES string of the molecule is CCOC(=O)C/C=C\C(=NC1CCN(C(=O)OCC)CC1)C(C)=N. The summed E-state index contributed by atoms with van der Waals surface area (Å²) in [7, 11) is 0. The van der Waals surface area contributed by atoms with E-state index in [0.29, 0.717) is 37.7 Å². The number of allylic oxidation sites excluding steroid dienone is 1. The highest BCUT2D eigenvalue weighted by Gasteiger charge is 2.23. The van der Waals surface area contributed by atoms with E-state index in [1.807, 2.05) is 0 Å². The third kappa shape index (κ3) is 6.93. The van der Waals surface area contributed by atoms with Crippen molar-refractivity contribution in [3.8, 4) is 0 Å². The largest absolute Gasteiger partial charge is 0.466 e. The second-order valence-corrected chi connectivity index (χ2v) is 5.47. The van der Waals surface area contributed by atoms with Crippen molar-refractivity contribution in [1.82, 2.24) is 4.90 Å². The topological polar surface area (TPSA) is 92.1 Å². The van der Waals surface area contributed by atoms with Gasteiger partial charge in [0.05, 0.1) is 37.1 Å². The van der Waals surface area contributed by atoms with Crippen molar-refractivity contribution >= 4 is 23.5 Å². The van der Waals surface area contributed by atoms with E-state index < -0.39 is 0 Å². The van der Waals surface area contributed by atoms with Gasteiger partial charge in [0.2, 0.25) is 0 Å². The molecule has 1 aliphatic rings. The Bertz CT molecular complexity index is 506. The number of ether oxygens (including phenoxy) is 2. The van der Waals surface area contributed by atoms with Gasteiger partial charge < -0.3 is 19.8 Å². The number of carbonyl (C=O) groups excluding carboxylic acids is 2. The molecule has 7 nitrogen and oxygen atoms in total. The zero-order valence-corrected chi connectivity index (χ0v) is 14.7. The number of piperidine rings is 1. The van der Waals surface area contributed by atoms with Crippen LogP contribution in [-0.4, -0.2) is 60.7 Å². The van der Waals surface area contributed by atoms with Gasteiger partial charge in [-0.3, -0.25) is 9.79 Å². The van der Waals surface area contributed by atoms with Gasteiger partial charge in [0.25, 0.3) is 0 Å². The third-order valence-electron chi connectivity index (χ3n) is 3.56. The Kier molecular flexibility index (Phi) is 8.75. The number of aliphatic imine (C=N–C) groups is 1. The van der Waals surface area contributed by atoms with Gasteiger partial charge in [-0.2, -0.15) is 0 Å². The third-order valence-corrected chi connectivity index (χ3v) is 3.56. The summed E-state index contributed by atoms with van der Waals surface area (Å²) in [5.41, 5.74) is 0.914. The first-order chi connectivity index (χ1) is 11.5. The van der Waals surface area contributed by atoms with Crippen molar-refractivity contribution in [3.05, 3.63) is 12.2 Å². The zero-order chi connectivity index (χ0) is 17.9. The molecule has 0 spiro atoms. The number of esters is 1. The highest BCUT2D eigenvalue weighted by Crippen LogP contribution is 2.15. The number of amides is 1. The van der Waals surface area contributed by atoms with Gasteiger partial charge >= 0.3 is 12.1 Å². The lowest BCUT2D eigenvalue weighted by Gasteiger charge is -2.29. The molecule has 1 aliphatic heterocycles. The Hall–Kier alpha value is -2.18. The lowest BCUT2D eigenvalue weighted by molar-refractivity contribution is -0.142. The summed E-state index contributed by atoms with van der Waals surface area (Å²) in [6.07, 6.45) is 4.72. The number of hydrogen-bond donors (Lipinski definition) is 1. The van der Waals surface area contributed by atoms with Crippen LogP contribution in [0.2, 0.25) is 0 Å². The molecule has 134 valence electrons. The molecule has 0 aromatic heterocycles. The van der Waals surface area contributed by atoms with E-state index in [9.17, 15) is 9.59 Å². The predicted octanol–water partition coefficient (Wildman–Crippen LogP) is 2.60. The van der Waals surface area contributed by atoms with E-state index in [1.165, 1.54) is 0 Å². The minimum absolute atomic E-state index is 0.0678. The summed E-state index contributed by atoms with van der Waals surface area (Å²) in [6, 6.07) is 0.0678. The van der Waals surface area contributed by atoms with Crippen LogP contribution in [0.4, 0.5) is 4.79 Å². The van der Waals surface area contributed by atoms with Crippen molar-refractivity contribution < 1.29 is 19.1 Å². The second kappa shape index (κ2) is 10.6. The Labute approximate surface area is 143 Å². The van der Waals surface area contributed by atoms with E-state index in [4.69, 9.17) is 14.9 Å². The average molecular weight is 337 g/mol. The maximum atomic E-state index is 11.7. The smallest absolute Gasteiger partial charge is 0.409 e. The maximum absolute atomic E-state index is 11.7. The van der Waals surface area contributed by atoms with Crippen LogP contribution in [0.5, 0.6) is 0 Å². The fourth-order valence-corrected chi connectivity index (χ4v) is 2.34. The molecule has 0 atom stereocenters. The van der Waals surface area contributed by atoms with Crippen molar-refractivity contribution in [3.63, 3.8) is 0 Å². The van der Waals surface area contributed by atoms with Crippen molar-refractivity contribution in [2.75, 3.05) is 26.3 Å². The minimum Gasteiger partial charge on any atom is -0.466 e. The van der Waals surface area contributed by atoms with E-state index in [-0.39, 0.29) is 24.5 Å². The van der Waals surface area contributed by atoms with Gasteiger partial charge in [0, 0.05) is 13.1 Å². The highest BCUT2D eigenvalue weighted by atomic mass is 16.6. The number of nitrogens with zero attached hydrogens (tertiary/aromatic N) is 2. The summed E-state index contributed by atoms with van der Waals surface area (Å²) in [5, 5.41) is 7.82. The molecular weight excluding hydrogens is 310 g/mol. The van der Waals surface area contributed by atoms with Gasteiger partial charge in [-0.15, -0.1) is 0 Å². The molecule has 0 radical (unpaired) electrons. The number of likely N-dealkylation sites (tertiary alicyclic amines) is 1. The molecule has 0 aromatic carbocycles. The minimum atomic E-state index is -0.293. The fraction of sp³-hybridized carbons (Fsp3) is 0.647. The molecule has 1 heterocycles. The molecule has 24 heavy (non-hydrogen) atoms. The predicted molar refractivity (Wildman–Crippen MR) is 92.8 cm³/mol. The molecule has 0 aromatic rings. The zero-order valence-electron chi connectivity index (χ0n) is 14.7. The van der Waals surface area contributed by atoms with Crippen LogP contribution < -0.4 is 0 Å². The first-order valence-electron chi connectivity index (χ1n) is 8.35. The molecular formula is C17H27N3O4. The molecule has 1 saturated heterocycles. The van der Waals surface area contributed by atoms with Crippen molar-refractivity contribution in [2.24, 2.45) is 4.99 Å². The van der Waals surface area contributed by atoms with E-state index in [2.05, 4.69) is 4.99 Å². The molecule has 1 rings (SSSR count). The summed E-state index contributed by atoms with van der Waals surface area (Å²) in [5.74, 6) is -0.293. The summed E-state index contributed by atoms with van der Waals surface area (Å²) < 4.78 is 9.85. The Morgan fingerprint density at radius 2 is 1.83 bits per heavy atom. The molecule has 1 fully saturated rings. The van der Waals surface area contributed by atoms with Gasteiger partial charge in [0.15, 0.2) is 0 Å². The first-order valence-corrected chi connectivity index (χ1v) is 8.35. The molecule has 0 aliphatic carbocycles. The molecule has 1 N–H and O–H groups in total. The highest BCUT2D eigenvalue weighted by molar-refractivity contribution is 6.44. The lowest BCUT2D eigenvalue weighted by Crippen LogP contribution is -2.40. The van der Waals surface area contributed by atoms with Crippen molar-refractivity contribution in [2.45, 2.75) is 46.1 Å². The van der Waals surface area contributed by atoms with Gasteiger partial charge in [-0.1, -0.05) is 6.08 Å². The van der Waals surface area contributed by atoms with E-state index >= 15 is 0 Å². The molecule has 0 unspecified atom stereocenters. The van der Waals surface area contributed by atoms with Crippen LogP contribution >= 0.6 is 0 Å². The van der Waals surface area contributed by atoms with Crippen LogP contribution in [0.15, 0.2) is 17.1 Å². The fourth-order valence-electron chi connectivity index (χ4n) is 2.34. The van der Waals surface area contributed by atoms with Crippen molar-refractivity contribution in [1.29, 1.82) is 5.41 Å². The van der Waals surface area contributed by atoms with E-state index in [1.54, 1.807) is 37.8 Å². The molecule has 1 amide bonds. The number of rotatable bonds is 7. The molecule has 7 heteroatoms. The quantitative estimate of drug-likeness (QED) is 0.571. The van der Waals surface area contributed by atoms with Crippen LogP contribution in [0, 0.1) is 5.41 Å². The summed E-state index contributed by atoms with van der Waals surface area (Å²) in [4.78, 5) is 29.3. The van der Waals surface area contributed by atoms with E-state index in [0.717, 1.165) is 12.8 Å². The normalized spacial score (nSPS) is 16.3.